The Morgan fingerprint density at radius 1 is 1.26 bits per heavy atom. The van der Waals surface area contributed by atoms with E-state index in [0.717, 1.165) is 5.56 Å². The van der Waals surface area contributed by atoms with Crippen molar-refractivity contribution < 1.29 is 22.7 Å². The molecular formula is C16H23F3N2O2. The number of benzene rings is 1. The highest BCUT2D eigenvalue weighted by atomic mass is 19.4. The van der Waals surface area contributed by atoms with Crippen LogP contribution in [-0.2, 0) is 11.3 Å². The number of nitrogens with zero attached hydrogens (tertiary/aromatic N) is 1. The van der Waals surface area contributed by atoms with Gasteiger partial charge in [0, 0.05) is 26.6 Å². The van der Waals surface area contributed by atoms with Gasteiger partial charge in [-0.15, -0.1) is 0 Å². The molecule has 1 aromatic rings. The fourth-order valence-electron chi connectivity index (χ4n) is 2.30. The van der Waals surface area contributed by atoms with E-state index < -0.39 is 12.8 Å². The first-order valence-electron chi connectivity index (χ1n) is 7.32. The lowest BCUT2D eigenvalue weighted by Gasteiger charge is -2.20. The molecule has 0 heterocycles. The summed E-state index contributed by atoms with van der Waals surface area (Å²) in [5, 5.41) is 2.91. The lowest BCUT2D eigenvalue weighted by atomic mass is 10.1. The first-order valence-corrected chi connectivity index (χ1v) is 7.32. The summed E-state index contributed by atoms with van der Waals surface area (Å²) in [7, 11) is 3.48. The zero-order valence-corrected chi connectivity index (χ0v) is 13.9. The third-order valence-electron chi connectivity index (χ3n) is 3.33. The summed E-state index contributed by atoms with van der Waals surface area (Å²) in [5.41, 5.74) is 2.11. The van der Waals surface area contributed by atoms with Crippen molar-refractivity contribution in [3.05, 3.63) is 28.8 Å². The number of amides is 1. The minimum Gasteiger partial charge on any atom is -0.484 e. The first-order chi connectivity index (χ1) is 10.6. The second-order valence-electron chi connectivity index (χ2n) is 5.57. The summed E-state index contributed by atoms with van der Waals surface area (Å²) in [5.74, 6) is 0.252. The molecule has 0 spiro atoms. The monoisotopic (exact) mass is 332 g/mol. The average molecular weight is 332 g/mol. The molecule has 1 aromatic carbocycles. The molecule has 1 amide bonds. The van der Waals surface area contributed by atoms with Crippen molar-refractivity contribution in [2.45, 2.75) is 33.0 Å². The van der Waals surface area contributed by atoms with E-state index in [2.05, 4.69) is 5.32 Å². The summed E-state index contributed by atoms with van der Waals surface area (Å²) < 4.78 is 41.7. The molecule has 0 saturated carbocycles. The zero-order valence-electron chi connectivity index (χ0n) is 13.9. The highest BCUT2D eigenvalue weighted by molar-refractivity contribution is 5.76. The van der Waals surface area contributed by atoms with Crippen LogP contribution in [0.3, 0.4) is 0 Å². The van der Waals surface area contributed by atoms with Gasteiger partial charge >= 0.3 is 6.18 Å². The van der Waals surface area contributed by atoms with E-state index in [1.165, 1.54) is 0 Å². The zero-order chi connectivity index (χ0) is 17.6. The van der Waals surface area contributed by atoms with Crippen LogP contribution in [0.4, 0.5) is 13.2 Å². The molecule has 23 heavy (non-hydrogen) atoms. The Balaban J connectivity index is 2.78. The first kappa shape index (κ1) is 19.3. The molecule has 130 valence electrons. The molecule has 0 saturated heterocycles. The molecule has 0 aliphatic heterocycles. The second-order valence-corrected chi connectivity index (χ2v) is 5.57. The number of carbonyl (C=O) groups is 1. The summed E-state index contributed by atoms with van der Waals surface area (Å²) in [6.07, 6.45) is -3.96. The molecular weight excluding hydrogens is 309 g/mol. The molecule has 4 nitrogen and oxygen atoms in total. The van der Waals surface area contributed by atoms with Gasteiger partial charge in [-0.3, -0.25) is 4.79 Å². The molecule has 1 rings (SSSR count). The van der Waals surface area contributed by atoms with E-state index in [1.54, 1.807) is 45.0 Å². The maximum Gasteiger partial charge on any atom is 0.422 e. The Kier molecular flexibility index (Phi) is 6.87. The minimum atomic E-state index is -4.36. The third kappa shape index (κ3) is 6.48. The smallest absolute Gasteiger partial charge is 0.422 e. The standard InChI is InChI=1S/C16H23F3N2O2/c1-11-7-13(9-21(4)14(22)5-6-20-3)8-12(2)15(11)23-10-16(17,18)19/h7-8,20H,5-6,9-10H2,1-4H3. The number of nitrogens with one attached hydrogen (secondary N) is 1. The predicted molar refractivity (Wildman–Crippen MR) is 82.5 cm³/mol. The third-order valence-corrected chi connectivity index (χ3v) is 3.33. The fourth-order valence-corrected chi connectivity index (χ4v) is 2.30. The molecule has 0 aliphatic carbocycles. The lowest BCUT2D eigenvalue weighted by molar-refractivity contribution is -0.153. The summed E-state index contributed by atoms with van der Waals surface area (Å²) in [6.45, 7) is 3.10. The van der Waals surface area contributed by atoms with Crippen LogP contribution in [0.25, 0.3) is 0 Å². The van der Waals surface area contributed by atoms with Crippen molar-refractivity contribution in [3.63, 3.8) is 0 Å². The Hall–Kier alpha value is -1.76. The minimum absolute atomic E-state index is 0.00653. The van der Waals surface area contributed by atoms with Gasteiger partial charge in [0.1, 0.15) is 5.75 Å². The van der Waals surface area contributed by atoms with Crippen molar-refractivity contribution >= 4 is 5.91 Å². The SMILES string of the molecule is CNCCC(=O)N(C)Cc1cc(C)c(OCC(F)(F)F)c(C)c1. The van der Waals surface area contributed by atoms with Gasteiger partial charge in [-0.25, -0.2) is 0 Å². The fraction of sp³-hybridized carbons (Fsp3) is 0.562. The highest BCUT2D eigenvalue weighted by Gasteiger charge is 2.29. The van der Waals surface area contributed by atoms with Gasteiger partial charge in [0.2, 0.25) is 5.91 Å². The largest absolute Gasteiger partial charge is 0.484 e. The normalized spacial score (nSPS) is 11.4. The number of ether oxygens (including phenoxy) is 1. The van der Waals surface area contributed by atoms with Crippen LogP contribution in [0, 0.1) is 13.8 Å². The quantitative estimate of drug-likeness (QED) is 0.835. The predicted octanol–water partition coefficient (Wildman–Crippen LogP) is 2.81. The molecule has 1 N–H and O–H groups in total. The van der Waals surface area contributed by atoms with Crippen LogP contribution >= 0.6 is 0 Å². The van der Waals surface area contributed by atoms with Gasteiger partial charge in [-0.05, 0) is 37.6 Å². The van der Waals surface area contributed by atoms with E-state index in [1.807, 2.05) is 0 Å². The topological polar surface area (TPSA) is 41.6 Å². The van der Waals surface area contributed by atoms with Gasteiger partial charge < -0.3 is 15.0 Å². The summed E-state index contributed by atoms with van der Waals surface area (Å²) >= 11 is 0. The number of carbonyl (C=O) groups excluding carboxylic acids is 1. The van der Waals surface area contributed by atoms with Crippen LogP contribution in [0.1, 0.15) is 23.1 Å². The summed E-state index contributed by atoms with van der Waals surface area (Å²) in [6, 6.07) is 3.50. The second kappa shape index (κ2) is 8.19. The van der Waals surface area contributed by atoms with E-state index in [-0.39, 0.29) is 11.7 Å². The molecule has 0 aromatic heterocycles. The van der Waals surface area contributed by atoms with Crippen LogP contribution in [-0.4, -0.2) is 44.2 Å². The number of halogens is 3. The maximum absolute atomic E-state index is 12.3. The molecule has 0 aliphatic rings. The molecule has 0 unspecified atom stereocenters. The summed E-state index contributed by atoms with van der Waals surface area (Å²) in [4.78, 5) is 13.5. The Morgan fingerprint density at radius 3 is 2.30 bits per heavy atom. The van der Waals surface area contributed by atoms with E-state index >= 15 is 0 Å². The van der Waals surface area contributed by atoms with Crippen molar-refractivity contribution in [2.24, 2.45) is 0 Å². The van der Waals surface area contributed by atoms with Crippen molar-refractivity contribution in [2.75, 3.05) is 27.2 Å². The number of aryl methyl sites for hydroxylation is 2. The van der Waals surface area contributed by atoms with Crippen LogP contribution in [0.15, 0.2) is 12.1 Å². The molecule has 0 radical (unpaired) electrons. The molecule has 0 atom stereocenters. The Morgan fingerprint density at radius 2 is 1.83 bits per heavy atom. The van der Waals surface area contributed by atoms with Crippen molar-refractivity contribution in [1.82, 2.24) is 10.2 Å². The average Bonchev–Trinajstić information content (AvgIpc) is 2.42. The Bertz CT molecular complexity index is 522. The van der Waals surface area contributed by atoms with Crippen LogP contribution in [0.5, 0.6) is 5.75 Å². The number of rotatable bonds is 7. The van der Waals surface area contributed by atoms with Crippen molar-refractivity contribution in [3.8, 4) is 5.75 Å². The lowest BCUT2D eigenvalue weighted by Crippen LogP contribution is -2.28. The maximum atomic E-state index is 12.3. The Labute approximate surface area is 134 Å². The van der Waals surface area contributed by atoms with Gasteiger partial charge in [-0.1, -0.05) is 12.1 Å². The number of hydrogen-bond donors (Lipinski definition) is 1. The number of hydrogen-bond acceptors (Lipinski definition) is 3. The van der Waals surface area contributed by atoms with Gasteiger partial charge in [0.25, 0.3) is 0 Å². The van der Waals surface area contributed by atoms with Gasteiger partial charge in [0.05, 0.1) is 0 Å². The molecule has 7 heteroatoms. The van der Waals surface area contributed by atoms with Crippen molar-refractivity contribution in [1.29, 1.82) is 0 Å². The molecule has 0 bridgehead atoms. The number of alkyl halides is 3. The van der Waals surface area contributed by atoms with E-state index in [4.69, 9.17) is 4.74 Å². The van der Waals surface area contributed by atoms with Crippen LogP contribution in [0.2, 0.25) is 0 Å². The van der Waals surface area contributed by atoms with Crippen LogP contribution < -0.4 is 10.1 Å². The highest BCUT2D eigenvalue weighted by Crippen LogP contribution is 2.27. The van der Waals surface area contributed by atoms with Gasteiger partial charge in [0.15, 0.2) is 6.61 Å². The van der Waals surface area contributed by atoms with Gasteiger partial charge in [-0.2, -0.15) is 13.2 Å². The molecule has 0 fully saturated rings. The van der Waals surface area contributed by atoms with E-state index in [0.29, 0.717) is 30.6 Å². The van der Waals surface area contributed by atoms with E-state index in [9.17, 15) is 18.0 Å².